The quantitative estimate of drug-likeness (QED) is 0.115. The van der Waals surface area contributed by atoms with E-state index in [9.17, 15) is 19.2 Å². The third-order valence-electron chi connectivity index (χ3n) is 11.6. The standard InChI is InChI=1S/C29H30N4O4.C21H25N3O3.C3H6O2/c1-36-26-15-12-21(18-27(26)37-24-7-2-3-8-24)25-9-5-17-33(32-25)29(35)20-10-13-23(14-11-20)31-28(34)22-6-4-16-30-19-22;1-22-17-10-6-16(7-11-17)21(25)24-14-4-5-18(23-24)15-8-12-19(26-2)20(27-3)13-9-15;1-2-5-3-4/h4,6,10-16,18-19,24H,2-3,5,7-9,17H2,1H3,(H,31,34);6-12,22H,4-5,13-14H2,1-3H3;3H,2H2,1H3. The van der Waals surface area contributed by atoms with Crippen molar-refractivity contribution in [1.29, 1.82) is 0 Å². The summed E-state index contributed by atoms with van der Waals surface area (Å²) in [7, 11) is 6.76. The number of aromatic nitrogens is 1. The first-order valence-corrected chi connectivity index (χ1v) is 23.2. The second-order valence-corrected chi connectivity index (χ2v) is 16.1. The minimum atomic E-state index is -0.256. The minimum absolute atomic E-state index is 0.0821. The fraction of sp³-hybridized carbons (Fsp3) is 0.340. The number of carbonyl (C=O) groups excluding carboxylic acids is 4. The van der Waals surface area contributed by atoms with Crippen LogP contribution >= 0.6 is 0 Å². The van der Waals surface area contributed by atoms with Gasteiger partial charge in [0.05, 0.1) is 51.0 Å². The van der Waals surface area contributed by atoms with Crippen molar-refractivity contribution in [3.8, 4) is 11.5 Å². The molecule has 69 heavy (non-hydrogen) atoms. The number of ether oxygens (including phenoxy) is 5. The Kier molecular flexibility index (Phi) is 19.1. The van der Waals surface area contributed by atoms with E-state index in [0.29, 0.717) is 66.5 Å². The van der Waals surface area contributed by atoms with Crippen molar-refractivity contribution >= 4 is 47.0 Å². The van der Waals surface area contributed by atoms with Gasteiger partial charge in [0, 0.05) is 67.0 Å². The van der Waals surface area contributed by atoms with Crippen LogP contribution < -0.4 is 20.1 Å². The van der Waals surface area contributed by atoms with Crippen LogP contribution in [0.2, 0.25) is 0 Å². The third kappa shape index (κ3) is 14.1. The predicted octanol–water partition coefficient (Wildman–Crippen LogP) is 9.19. The minimum Gasteiger partial charge on any atom is -0.497 e. The van der Waals surface area contributed by atoms with E-state index < -0.39 is 0 Å². The van der Waals surface area contributed by atoms with Crippen molar-refractivity contribution in [1.82, 2.24) is 15.0 Å². The van der Waals surface area contributed by atoms with Crippen LogP contribution in [-0.2, 0) is 19.0 Å². The number of anilines is 2. The molecule has 1 aromatic heterocycles. The van der Waals surface area contributed by atoms with Gasteiger partial charge in [-0.25, -0.2) is 10.0 Å². The number of rotatable bonds is 14. The Hall–Kier alpha value is -7.75. The fourth-order valence-electron chi connectivity index (χ4n) is 7.87. The number of hydrazone groups is 2. The van der Waals surface area contributed by atoms with Gasteiger partial charge in [-0.1, -0.05) is 6.08 Å². The van der Waals surface area contributed by atoms with E-state index in [1.54, 1.807) is 75.9 Å². The summed E-state index contributed by atoms with van der Waals surface area (Å²) in [5.74, 6) is 2.39. The molecule has 0 spiro atoms. The van der Waals surface area contributed by atoms with Crippen LogP contribution in [0.3, 0.4) is 0 Å². The van der Waals surface area contributed by atoms with Crippen LogP contribution in [0.25, 0.3) is 0 Å². The molecule has 0 radical (unpaired) electrons. The monoisotopic (exact) mass is 939 g/mol. The van der Waals surface area contributed by atoms with Crippen molar-refractivity contribution in [3.05, 3.63) is 149 Å². The Labute approximate surface area is 403 Å². The largest absolute Gasteiger partial charge is 0.497 e. The number of nitrogens with one attached hydrogen (secondary N) is 2. The Morgan fingerprint density at radius 1 is 0.739 bits per heavy atom. The highest BCUT2D eigenvalue weighted by atomic mass is 16.5. The number of allylic oxidation sites excluding steroid dienone is 4. The summed E-state index contributed by atoms with van der Waals surface area (Å²) >= 11 is 0. The van der Waals surface area contributed by atoms with Gasteiger partial charge in [-0.15, -0.1) is 0 Å². The van der Waals surface area contributed by atoms with Crippen LogP contribution in [0.15, 0.2) is 137 Å². The van der Waals surface area contributed by atoms with Crippen molar-refractivity contribution in [3.63, 3.8) is 0 Å². The molecule has 3 amide bonds. The zero-order valence-corrected chi connectivity index (χ0v) is 39.9. The second kappa shape index (κ2) is 26.0. The van der Waals surface area contributed by atoms with Gasteiger partial charge in [-0.05, 0) is 155 Å². The number of hydrogen-bond donors (Lipinski definition) is 2. The first-order valence-electron chi connectivity index (χ1n) is 23.2. The molecule has 16 nitrogen and oxygen atoms in total. The number of benzene rings is 3. The summed E-state index contributed by atoms with van der Waals surface area (Å²) in [4.78, 5) is 51.5. The Morgan fingerprint density at radius 2 is 1.39 bits per heavy atom. The molecule has 8 rings (SSSR count). The molecule has 0 atom stereocenters. The van der Waals surface area contributed by atoms with Crippen LogP contribution in [0, 0.1) is 0 Å². The van der Waals surface area contributed by atoms with Gasteiger partial charge in [0.15, 0.2) is 17.3 Å². The molecule has 1 saturated carbocycles. The molecule has 362 valence electrons. The van der Waals surface area contributed by atoms with E-state index in [1.165, 1.54) is 24.0 Å². The van der Waals surface area contributed by atoms with E-state index in [1.807, 2.05) is 61.7 Å². The van der Waals surface area contributed by atoms with E-state index in [0.717, 1.165) is 78.3 Å². The number of carbonyl (C=O) groups is 4. The molecule has 4 aromatic rings. The zero-order valence-electron chi connectivity index (χ0n) is 39.9. The van der Waals surface area contributed by atoms with Gasteiger partial charge in [0.2, 0.25) is 0 Å². The predicted molar refractivity (Wildman–Crippen MR) is 266 cm³/mol. The molecule has 0 unspecified atom stereocenters. The average Bonchev–Trinajstić information content (AvgIpc) is 3.83. The van der Waals surface area contributed by atoms with Crippen LogP contribution in [-0.4, -0.2) is 105 Å². The summed E-state index contributed by atoms with van der Waals surface area (Å²) in [5, 5.41) is 18.3. The van der Waals surface area contributed by atoms with E-state index in [2.05, 4.69) is 31.5 Å². The highest BCUT2D eigenvalue weighted by molar-refractivity contribution is 6.06. The van der Waals surface area contributed by atoms with Crippen LogP contribution in [0.1, 0.15) is 101 Å². The number of methoxy groups -OCH3 is 3. The lowest BCUT2D eigenvalue weighted by Crippen LogP contribution is -2.32. The molecular weight excluding hydrogens is 879 g/mol. The number of hydrogen-bond acceptors (Lipinski definition) is 13. The molecule has 2 aliphatic heterocycles. The SMILES string of the molecule is CCOC=O.CNc1ccc(C(=O)N2CCCC(C3=CCC(OC)=C(OC)C=C3)=N2)cc1.COc1ccc(C2=NN(C(=O)c3ccc(NC(=O)c4cccnc4)cc3)CCC2)cc1OC1CCCC1. The van der Waals surface area contributed by atoms with Crippen molar-refractivity contribution in [2.24, 2.45) is 10.2 Å². The summed E-state index contributed by atoms with van der Waals surface area (Å²) in [6.45, 7) is 3.83. The maximum absolute atomic E-state index is 13.2. The molecule has 4 aliphatic rings. The average molecular weight is 940 g/mol. The first-order chi connectivity index (χ1) is 33.7. The molecule has 3 heterocycles. The Bertz CT molecular complexity index is 2530. The molecule has 2 aliphatic carbocycles. The maximum atomic E-state index is 13.2. The molecule has 16 heteroatoms. The number of amides is 3. The highest BCUT2D eigenvalue weighted by Gasteiger charge is 2.25. The second-order valence-electron chi connectivity index (χ2n) is 16.1. The summed E-state index contributed by atoms with van der Waals surface area (Å²) in [6, 6.07) is 23.5. The number of pyridine rings is 1. The molecule has 0 saturated heterocycles. The van der Waals surface area contributed by atoms with Crippen molar-refractivity contribution in [2.45, 2.75) is 70.8 Å². The smallest absolute Gasteiger partial charge is 0.293 e. The molecule has 0 bridgehead atoms. The highest BCUT2D eigenvalue weighted by Crippen LogP contribution is 2.34. The maximum Gasteiger partial charge on any atom is 0.293 e. The lowest BCUT2D eigenvalue weighted by atomic mass is 10.0. The molecule has 3 aromatic carbocycles. The zero-order chi connectivity index (χ0) is 49.0. The molecule has 2 N–H and O–H groups in total. The van der Waals surface area contributed by atoms with Gasteiger partial charge < -0.3 is 34.3 Å². The number of nitrogens with zero attached hydrogens (tertiary/aromatic N) is 5. The molecular formula is C53H61N7O9. The molecule has 1 fully saturated rings. The van der Waals surface area contributed by atoms with E-state index in [-0.39, 0.29) is 23.8 Å². The first kappa shape index (κ1) is 50.7. The van der Waals surface area contributed by atoms with Gasteiger partial charge in [0.1, 0.15) is 5.76 Å². The lowest BCUT2D eigenvalue weighted by Gasteiger charge is -2.24. The lowest BCUT2D eigenvalue weighted by molar-refractivity contribution is -0.128. The Morgan fingerprint density at radius 3 is 1.96 bits per heavy atom. The summed E-state index contributed by atoms with van der Waals surface area (Å²) < 4.78 is 26.7. The Balaban J connectivity index is 0.000000215. The van der Waals surface area contributed by atoms with Crippen LogP contribution in [0.5, 0.6) is 11.5 Å². The van der Waals surface area contributed by atoms with Gasteiger partial charge in [0.25, 0.3) is 24.2 Å². The van der Waals surface area contributed by atoms with Crippen LogP contribution in [0.4, 0.5) is 11.4 Å². The fourth-order valence-corrected chi connectivity index (χ4v) is 7.87. The third-order valence-corrected chi connectivity index (χ3v) is 11.6. The van der Waals surface area contributed by atoms with E-state index >= 15 is 0 Å². The van der Waals surface area contributed by atoms with Crippen molar-refractivity contribution in [2.75, 3.05) is 58.7 Å². The van der Waals surface area contributed by atoms with Gasteiger partial charge in [-0.3, -0.25) is 24.2 Å². The summed E-state index contributed by atoms with van der Waals surface area (Å²) in [5.41, 5.74) is 6.86. The topological polar surface area (TPSA) is 183 Å². The van der Waals surface area contributed by atoms with Gasteiger partial charge in [-0.2, -0.15) is 10.2 Å². The van der Waals surface area contributed by atoms with Crippen molar-refractivity contribution < 1.29 is 42.9 Å². The van der Waals surface area contributed by atoms with E-state index in [4.69, 9.17) is 24.0 Å². The van der Waals surface area contributed by atoms with Gasteiger partial charge >= 0.3 is 0 Å². The normalized spacial score (nSPS) is 15.6. The summed E-state index contributed by atoms with van der Waals surface area (Å²) in [6.07, 6.45) is 17.7.